The minimum Gasteiger partial charge on any atom is -0.247 e. The molecule has 53 heavy (non-hydrogen) atoms. The molecule has 0 amide bonds. The molecule has 0 saturated heterocycles. The molecule has 246 valence electrons. The summed E-state index contributed by atoms with van der Waals surface area (Å²) >= 11 is 1.75. The van der Waals surface area contributed by atoms with E-state index in [9.17, 15) is 0 Å². The van der Waals surface area contributed by atoms with Crippen molar-refractivity contribution in [1.82, 2.24) is 19.9 Å². The summed E-state index contributed by atoms with van der Waals surface area (Å²) in [6, 6.07) is 59.6. The van der Waals surface area contributed by atoms with Crippen LogP contribution in [0, 0.1) is 0 Å². The van der Waals surface area contributed by atoms with Gasteiger partial charge < -0.3 is 0 Å². The number of benzene rings is 7. The van der Waals surface area contributed by atoms with Crippen LogP contribution in [0.3, 0.4) is 0 Å². The Morgan fingerprint density at radius 1 is 0.340 bits per heavy atom. The minimum atomic E-state index is 0.667. The van der Waals surface area contributed by atoms with E-state index in [2.05, 4.69) is 164 Å². The number of hydrogen-bond acceptors (Lipinski definition) is 5. The summed E-state index contributed by atoms with van der Waals surface area (Å²) in [5.41, 5.74) is 9.56. The fourth-order valence-electron chi connectivity index (χ4n) is 7.60. The Hall–Kier alpha value is -6.82. The monoisotopic (exact) mass is 692 g/mol. The molecule has 0 unspecified atom stereocenters. The molecular weight excluding hydrogens is 665 g/mol. The van der Waals surface area contributed by atoms with E-state index in [4.69, 9.17) is 19.9 Å². The van der Waals surface area contributed by atoms with Gasteiger partial charge in [-0.05, 0) is 47.2 Å². The Balaban J connectivity index is 1.19. The molecule has 0 aliphatic carbocycles. The second kappa shape index (κ2) is 11.9. The lowest BCUT2D eigenvalue weighted by molar-refractivity contribution is 1.24. The number of fused-ring (bicyclic) bond motifs is 9. The van der Waals surface area contributed by atoms with Gasteiger partial charge in [0.25, 0.3) is 0 Å². The maximum atomic E-state index is 5.35. The summed E-state index contributed by atoms with van der Waals surface area (Å²) in [6.07, 6.45) is 0. The van der Waals surface area contributed by atoms with Crippen molar-refractivity contribution in [1.29, 1.82) is 0 Å². The molecule has 0 N–H and O–H groups in total. The first-order valence-corrected chi connectivity index (χ1v) is 18.5. The van der Waals surface area contributed by atoms with Crippen molar-refractivity contribution in [3.8, 4) is 45.2 Å². The molecule has 7 aromatic carbocycles. The highest BCUT2D eigenvalue weighted by molar-refractivity contribution is 7.26. The van der Waals surface area contributed by atoms with Gasteiger partial charge in [-0.1, -0.05) is 133 Å². The van der Waals surface area contributed by atoms with Crippen molar-refractivity contribution in [2.75, 3.05) is 0 Å². The molecule has 11 rings (SSSR count). The fourth-order valence-corrected chi connectivity index (χ4v) is 8.75. The van der Waals surface area contributed by atoms with E-state index in [1.165, 1.54) is 15.5 Å². The lowest BCUT2D eigenvalue weighted by Crippen LogP contribution is -1.96. The SMILES string of the molecule is c1ccc(-c2nc(-c3cc(-c4ccc5ccc6ccccc6c5n4)cc(-c4ccc5ccc6ccccc6c5n4)c3)nc3c2sc2ccccc23)cc1. The molecule has 0 bridgehead atoms. The van der Waals surface area contributed by atoms with Crippen molar-refractivity contribution < 1.29 is 0 Å². The van der Waals surface area contributed by atoms with Crippen LogP contribution in [-0.2, 0) is 0 Å². The highest BCUT2D eigenvalue weighted by Crippen LogP contribution is 2.41. The molecular formula is C48H28N4S. The van der Waals surface area contributed by atoms with Crippen molar-refractivity contribution in [3.63, 3.8) is 0 Å². The van der Waals surface area contributed by atoms with Crippen LogP contribution < -0.4 is 0 Å². The molecule has 0 radical (unpaired) electrons. The van der Waals surface area contributed by atoms with E-state index in [0.717, 1.165) is 87.5 Å². The van der Waals surface area contributed by atoms with E-state index in [1.807, 2.05) is 6.07 Å². The Labute approximate surface area is 308 Å². The average molecular weight is 693 g/mol. The number of thiophene rings is 1. The summed E-state index contributed by atoms with van der Waals surface area (Å²) < 4.78 is 2.28. The number of hydrogen-bond donors (Lipinski definition) is 0. The van der Waals surface area contributed by atoms with E-state index < -0.39 is 0 Å². The average Bonchev–Trinajstić information content (AvgIpc) is 3.62. The quantitative estimate of drug-likeness (QED) is 0.172. The summed E-state index contributed by atoms with van der Waals surface area (Å²) in [7, 11) is 0. The lowest BCUT2D eigenvalue weighted by atomic mass is 9.98. The Bertz CT molecular complexity index is 3100. The second-order valence-electron chi connectivity index (χ2n) is 13.4. The molecule has 0 aliphatic heterocycles. The standard InChI is InChI=1S/C48H28N4S/c1-2-12-31(13-3-1)45-47-46(39-16-8-9-17-42(39)53-47)52-48(51-45)36-27-34(40-24-22-32-20-18-29-10-4-6-14-37(29)43(32)49-40)26-35(28-36)41-25-23-33-21-19-30-11-5-7-15-38(30)44(33)50-41/h1-28H. The zero-order valence-corrected chi connectivity index (χ0v) is 29.2. The molecule has 4 nitrogen and oxygen atoms in total. The van der Waals surface area contributed by atoms with Crippen LogP contribution in [0.25, 0.3) is 109 Å². The van der Waals surface area contributed by atoms with Gasteiger partial charge in [-0.3, -0.25) is 0 Å². The lowest BCUT2D eigenvalue weighted by Gasteiger charge is -2.13. The van der Waals surface area contributed by atoms with Crippen LogP contribution in [0.15, 0.2) is 170 Å². The van der Waals surface area contributed by atoms with E-state index in [-0.39, 0.29) is 0 Å². The van der Waals surface area contributed by atoms with Crippen LogP contribution in [0.2, 0.25) is 0 Å². The van der Waals surface area contributed by atoms with E-state index in [0.29, 0.717) is 5.82 Å². The number of rotatable bonds is 4. The zero-order chi connectivity index (χ0) is 34.9. The van der Waals surface area contributed by atoms with Crippen LogP contribution in [0.5, 0.6) is 0 Å². The molecule has 0 fully saturated rings. The van der Waals surface area contributed by atoms with Crippen molar-refractivity contribution in [3.05, 3.63) is 170 Å². The van der Waals surface area contributed by atoms with Crippen molar-refractivity contribution >= 4 is 75.0 Å². The molecule has 0 atom stereocenters. The topological polar surface area (TPSA) is 51.6 Å². The summed E-state index contributed by atoms with van der Waals surface area (Å²) in [5.74, 6) is 0.667. The summed E-state index contributed by atoms with van der Waals surface area (Å²) in [4.78, 5) is 21.3. The first kappa shape index (κ1) is 29.9. The highest BCUT2D eigenvalue weighted by atomic mass is 32.1. The van der Waals surface area contributed by atoms with Gasteiger partial charge in [-0.25, -0.2) is 19.9 Å². The zero-order valence-electron chi connectivity index (χ0n) is 28.4. The maximum absolute atomic E-state index is 5.35. The van der Waals surface area contributed by atoms with Crippen LogP contribution in [0.4, 0.5) is 0 Å². The second-order valence-corrected chi connectivity index (χ2v) is 14.5. The van der Waals surface area contributed by atoms with Crippen molar-refractivity contribution in [2.45, 2.75) is 0 Å². The first-order valence-electron chi connectivity index (χ1n) is 17.7. The maximum Gasteiger partial charge on any atom is 0.160 e. The van der Waals surface area contributed by atoms with Crippen molar-refractivity contribution in [2.24, 2.45) is 0 Å². The first-order chi connectivity index (χ1) is 26.2. The van der Waals surface area contributed by atoms with Gasteiger partial charge in [-0.2, -0.15) is 0 Å². The third kappa shape index (κ3) is 4.97. The summed E-state index contributed by atoms with van der Waals surface area (Å²) in [5, 5.41) is 7.97. The summed E-state index contributed by atoms with van der Waals surface area (Å²) in [6.45, 7) is 0. The van der Waals surface area contributed by atoms with Crippen LogP contribution in [-0.4, -0.2) is 19.9 Å². The Morgan fingerprint density at radius 2 is 0.849 bits per heavy atom. The van der Waals surface area contributed by atoms with Gasteiger partial charge in [0.1, 0.15) is 0 Å². The third-order valence-electron chi connectivity index (χ3n) is 10.2. The highest BCUT2D eigenvalue weighted by Gasteiger charge is 2.19. The minimum absolute atomic E-state index is 0.667. The fraction of sp³-hybridized carbons (Fsp3) is 0. The predicted octanol–water partition coefficient (Wildman–Crippen LogP) is 12.9. The molecule has 5 heteroatoms. The van der Waals surface area contributed by atoms with Crippen LogP contribution >= 0.6 is 11.3 Å². The number of aromatic nitrogens is 4. The molecule has 11 aromatic rings. The van der Waals surface area contributed by atoms with Gasteiger partial charge in [0.05, 0.1) is 38.3 Å². The van der Waals surface area contributed by atoms with E-state index in [1.54, 1.807) is 11.3 Å². The molecule has 0 saturated carbocycles. The normalized spacial score (nSPS) is 11.8. The molecule has 0 spiro atoms. The smallest absolute Gasteiger partial charge is 0.160 e. The Kier molecular flexibility index (Phi) is 6.69. The van der Waals surface area contributed by atoms with Gasteiger partial charge >= 0.3 is 0 Å². The van der Waals surface area contributed by atoms with Gasteiger partial charge in [0.2, 0.25) is 0 Å². The Morgan fingerprint density at radius 3 is 1.49 bits per heavy atom. The van der Waals surface area contributed by atoms with Crippen LogP contribution in [0.1, 0.15) is 0 Å². The number of nitrogens with zero attached hydrogens (tertiary/aromatic N) is 4. The van der Waals surface area contributed by atoms with Gasteiger partial charge in [-0.15, -0.1) is 11.3 Å². The molecule has 4 heterocycles. The number of pyridine rings is 2. The van der Waals surface area contributed by atoms with Gasteiger partial charge in [0, 0.05) is 53.9 Å². The molecule has 0 aliphatic rings. The molecule has 4 aromatic heterocycles. The predicted molar refractivity (Wildman–Crippen MR) is 222 cm³/mol. The van der Waals surface area contributed by atoms with Gasteiger partial charge in [0.15, 0.2) is 5.82 Å². The third-order valence-corrected chi connectivity index (χ3v) is 11.4. The largest absolute Gasteiger partial charge is 0.247 e. The van der Waals surface area contributed by atoms with E-state index >= 15 is 0 Å².